The first-order valence-electron chi connectivity index (χ1n) is 9.27. The van der Waals surface area contributed by atoms with Gasteiger partial charge in [-0.25, -0.2) is 9.97 Å². The third kappa shape index (κ3) is 4.12. The van der Waals surface area contributed by atoms with Gasteiger partial charge in [-0.1, -0.05) is 0 Å². The number of thiazole rings is 1. The lowest BCUT2D eigenvalue weighted by Gasteiger charge is -2.17. The third-order valence-electron chi connectivity index (χ3n) is 4.62. The molecule has 2 aromatic heterocycles. The number of aromatic nitrogens is 3. The van der Waals surface area contributed by atoms with Crippen LogP contribution in [0.1, 0.15) is 33.9 Å². The van der Waals surface area contributed by atoms with Crippen molar-refractivity contribution in [3.8, 4) is 0 Å². The normalized spacial score (nSPS) is 13.6. The standard InChI is InChI=1S/C20H22N6OS/c1-13-11-17(26-9-3-4-10-26)25-20(22-13)24-16-7-5-15(6-8-16)23-19(27)18-14(2)21-12-28-18/h5-8,11-12H,3-4,9-10H2,1-2H3,(H,23,27)(H,22,24,25). The molecule has 0 aliphatic carbocycles. The summed E-state index contributed by atoms with van der Waals surface area (Å²) in [6.45, 7) is 5.90. The van der Waals surface area contributed by atoms with Gasteiger partial charge < -0.3 is 15.5 Å². The molecule has 1 saturated heterocycles. The third-order valence-corrected chi connectivity index (χ3v) is 5.55. The lowest BCUT2D eigenvalue weighted by atomic mass is 10.2. The zero-order valence-corrected chi connectivity index (χ0v) is 16.7. The van der Waals surface area contributed by atoms with Crippen LogP contribution in [0.5, 0.6) is 0 Å². The Labute approximate surface area is 167 Å². The van der Waals surface area contributed by atoms with Gasteiger partial charge >= 0.3 is 0 Å². The highest BCUT2D eigenvalue weighted by Crippen LogP contribution is 2.23. The largest absolute Gasteiger partial charge is 0.356 e. The number of nitrogens with zero attached hydrogens (tertiary/aromatic N) is 4. The molecule has 2 N–H and O–H groups in total. The van der Waals surface area contributed by atoms with Gasteiger partial charge in [0.25, 0.3) is 5.91 Å². The van der Waals surface area contributed by atoms with E-state index in [2.05, 4.69) is 30.5 Å². The molecule has 0 bridgehead atoms. The van der Waals surface area contributed by atoms with E-state index in [1.54, 1.807) is 5.51 Å². The van der Waals surface area contributed by atoms with E-state index in [0.717, 1.165) is 41.7 Å². The first-order chi connectivity index (χ1) is 13.6. The predicted molar refractivity (Wildman–Crippen MR) is 113 cm³/mol. The van der Waals surface area contributed by atoms with Gasteiger partial charge in [0.2, 0.25) is 5.95 Å². The van der Waals surface area contributed by atoms with Crippen molar-refractivity contribution in [1.82, 2.24) is 15.0 Å². The van der Waals surface area contributed by atoms with E-state index in [-0.39, 0.29) is 5.91 Å². The van der Waals surface area contributed by atoms with Gasteiger partial charge in [-0.3, -0.25) is 4.79 Å². The highest BCUT2D eigenvalue weighted by Gasteiger charge is 2.15. The fraction of sp³-hybridized carbons (Fsp3) is 0.300. The smallest absolute Gasteiger partial charge is 0.267 e. The Morgan fingerprint density at radius 1 is 1.07 bits per heavy atom. The molecule has 1 aliphatic rings. The van der Waals surface area contributed by atoms with Gasteiger partial charge in [0.05, 0.1) is 11.2 Å². The summed E-state index contributed by atoms with van der Waals surface area (Å²) >= 11 is 1.34. The zero-order chi connectivity index (χ0) is 19.5. The number of hydrogen-bond acceptors (Lipinski definition) is 7. The van der Waals surface area contributed by atoms with E-state index >= 15 is 0 Å². The second-order valence-corrected chi connectivity index (χ2v) is 7.66. The van der Waals surface area contributed by atoms with Crippen molar-refractivity contribution in [1.29, 1.82) is 0 Å². The lowest BCUT2D eigenvalue weighted by Crippen LogP contribution is -2.19. The maximum absolute atomic E-state index is 12.3. The van der Waals surface area contributed by atoms with Crippen LogP contribution in [0.3, 0.4) is 0 Å². The monoisotopic (exact) mass is 394 g/mol. The van der Waals surface area contributed by atoms with Gasteiger partial charge in [0.15, 0.2) is 0 Å². The van der Waals surface area contributed by atoms with E-state index < -0.39 is 0 Å². The Kier molecular flexibility index (Phi) is 5.21. The fourth-order valence-corrected chi connectivity index (χ4v) is 3.89. The van der Waals surface area contributed by atoms with E-state index in [1.165, 1.54) is 24.2 Å². The highest BCUT2D eigenvalue weighted by molar-refractivity contribution is 7.12. The number of rotatable bonds is 5. The molecule has 28 heavy (non-hydrogen) atoms. The molecule has 0 radical (unpaired) electrons. The zero-order valence-electron chi connectivity index (χ0n) is 15.9. The van der Waals surface area contributed by atoms with Crippen LogP contribution in [-0.4, -0.2) is 33.9 Å². The summed E-state index contributed by atoms with van der Waals surface area (Å²) in [4.78, 5) is 28.5. The number of hydrogen-bond donors (Lipinski definition) is 2. The van der Waals surface area contributed by atoms with Crippen LogP contribution in [0.4, 0.5) is 23.1 Å². The van der Waals surface area contributed by atoms with Crippen LogP contribution < -0.4 is 15.5 Å². The molecule has 144 valence electrons. The number of benzene rings is 1. The van der Waals surface area contributed by atoms with Crippen LogP contribution in [0, 0.1) is 13.8 Å². The van der Waals surface area contributed by atoms with Crippen LogP contribution in [0.2, 0.25) is 0 Å². The summed E-state index contributed by atoms with van der Waals surface area (Å²) in [5, 5.41) is 6.15. The Hall–Kier alpha value is -3.00. The maximum Gasteiger partial charge on any atom is 0.267 e. The molecule has 3 heterocycles. The average Bonchev–Trinajstić information content (AvgIpc) is 3.34. The van der Waals surface area contributed by atoms with Gasteiger partial charge in [-0.15, -0.1) is 11.3 Å². The topological polar surface area (TPSA) is 83.0 Å². The van der Waals surface area contributed by atoms with Crippen LogP contribution in [0.25, 0.3) is 0 Å². The Bertz CT molecular complexity index is 979. The van der Waals surface area contributed by atoms with Crippen LogP contribution in [0.15, 0.2) is 35.8 Å². The van der Waals surface area contributed by atoms with Gasteiger partial charge in [-0.05, 0) is 51.0 Å². The SMILES string of the molecule is Cc1cc(N2CCCC2)nc(Nc2ccc(NC(=O)c3scnc3C)cc2)n1. The number of aryl methyl sites for hydroxylation is 2. The quantitative estimate of drug-likeness (QED) is 0.677. The molecule has 7 nitrogen and oxygen atoms in total. The number of amides is 1. The van der Waals surface area contributed by atoms with Crippen LogP contribution >= 0.6 is 11.3 Å². The molecule has 3 aromatic rings. The lowest BCUT2D eigenvalue weighted by molar-refractivity contribution is 0.103. The number of nitrogens with one attached hydrogen (secondary N) is 2. The van der Waals surface area contributed by atoms with Crippen LogP contribution in [-0.2, 0) is 0 Å². The average molecular weight is 395 g/mol. The summed E-state index contributed by atoms with van der Waals surface area (Å²) in [5.74, 6) is 1.41. The van der Waals surface area contributed by atoms with Crippen molar-refractivity contribution in [2.24, 2.45) is 0 Å². The van der Waals surface area contributed by atoms with Gasteiger partial charge in [0.1, 0.15) is 10.7 Å². The Morgan fingerprint density at radius 2 is 1.79 bits per heavy atom. The molecule has 0 atom stereocenters. The first kappa shape index (κ1) is 18.4. The molecule has 1 aliphatic heterocycles. The summed E-state index contributed by atoms with van der Waals surface area (Å²) in [5.41, 5.74) is 4.95. The second-order valence-electron chi connectivity index (χ2n) is 6.81. The molecule has 1 fully saturated rings. The molecular weight excluding hydrogens is 372 g/mol. The molecule has 1 aromatic carbocycles. The Balaban J connectivity index is 1.44. The summed E-state index contributed by atoms with van der Waals surface area (Å²) in [6.07, 6.45) is 2.42. The van der Waals surface area contributed by atoms with E-state index in [0.29, 0.717) is 10.8 Å². The fourth-order valence-electron chi connectivity index (χ4n) is 3.19. The second kappa shape index (κ2) is 7.93. The van der Waals surface area contributed by atoms with E-state index in [9.17, 15) is 4.79 Å². The van der Waals surface area contributed by atoms with E-state index in [4.69, 9.17) is 0 Å². The van der Waals surface area contributed by atoms with Crippen molar-refractivity contribution < 1.29 is 4.79 Å². The van der Waals surface area contributed by atoms with Gasteiger partial charge in [-0.2, -0.15) is 4.98 Å². The molecular formula is C20H22N6OS. The molecule has 4 rings (SSSR count). The summed E-state index contributed by atoms with van der Waals surface area (Å²) < 4.78 is 0. The minimum Gasteiger partial charge on any atom is -0.356 e. The van der Waals surface area contributed by atoms with Gasteiger partial charge in [0, 0.05) is 36.2 Å². The van der Waals surface area contributed by atoms with Crippen molar-refractivity contribution in [2.75, 3.05) is 28.6 Å². The number of carbonyl (C=O) groups is 1. The predicted octanol–water partition coefficient (Wildman–Crippen LogP) is 4.15. The molecule has 1 amide bonds. The van der Waals surface area contributed by atoms with E-state index in [1.807, 2.05) is 44.2 Å². The minimum atomic E-state index is -0.141. The Morgan fingerprint density at radius 3 is 2.46 bits per heavy atom. The number of carbonyl (C=O) groups excluding carboxylic acids is 1. The summed E-state index contributed by atoms with van der Waals surface area (Å²) in [7, 11) is 0. The van der Waals surface area contributed by atoms with Crippen molar-refractivity contribution in [3.63, 3.8) is 0 Å². The number of anilines is 4. The minimum absolute atomic E-state index is 0.141. The van der Waals surface area contributed by atoms with Crippen molar-refractivity contribution >= 4 is 40.4 Å². The summed E-state index contributed by atoms with van der Waals surface area (Å²) in [6, 6.07) is 9.53. The van der Waals surface area contributed by atoms with Crippen molar-refractivity contribution in [3.05, 3.63) is 52.1 Å². The molecule has 8 heteroatoms. The highest BCUT2D eigenvalue weighted by atomic mass is 32.1. The first-order valence-corrected chi connectivity index (χ1v) is 10.2. The molecule has 0 unspecified atom stereocenters. The van der Waals surface area contributed by atoms with Crippen molar-refractivity contribution in [2.45, 2.75) is 26.7 Å². The maximum atomic E-state index is 12.3. The molecule has 0 spiro atoms. The molecule has 0 saturated carbocycles.